The highest BCUT2D eigenvalue weighted by molar-refractivity contribution is 7.13. The highest BCUT2D eigenvalue weighted by Gasteiger charge is 2.08. The summed E-state index contributed by atoms with van der Waals surface area (Å²) in [6.07, 6.45) is 1.78. The van der Waals surface area contributed by atoms with Gasteiger partial charge in [-0.3, -0.25) is 4.98 Å². The van der Waals surface area contributed by atoms with Gasteiger partial charge in [-0.05, 0) is 13.8 Å². The smallest absolute Gasteiger partial charge is 0.163 e. The van der Waals surface area contributed by atoms with Gasteiger partial charge in [-0.25, -0.2) is 9.97 Å². The Kier molecular flexibility index (Phi) is 4.29. The van der Waals surface area contributed by atoms with Gasteiger partial charge in [-0.2, -0.15) is 0 Å². The average molecular weight is 311 g/mol. The summed E-state index contributed by atoms with van der Waals surface area (Å²) in [7, 11) is 0. The summed E-state index contributed by atoms with van der Waals surface area (Å²) < 4.78 is 0. The lowest BCUT2D eigenvalue weighted by Gasteiger charge is -2.12. The van der Waals surface area contributed by atoms with E-state index in [2.05, 4.69) is 39.4 Å². The normalized spacial score (nSPS) is 10.7. The molecule has 5 nitrogen and oxygen atoms in total. The van der Waals surface area contributed by atoms with Crippen LogP contribution in [0.4, 0.5) is 16.6 Å². The summed E-state index contributed by atoms with van der Waals surface area (Å²) in [5, 5.41) is 7.56. The first-order valence-corrected chi connectivity index (χ1v) is 7.95. The average Bonchev–Trinajstić information content (AvgIpc) is 3.00. The Morgan fingerprint density at radius 1 is 1.05 bits per heavy atom. The number of hydrogen-bond acceptors (Lipinski definition) is 6. The molecule has 0 saturated heterocycles. The largest absolute Gasteiger partial charge is 0.368 e. The molecule has 0 saturated carbocycles. The molecule has 0 aliphatic rings. The zero-order valence-corrected chi connectivity index (χ0v) is 13.3. The number of benzene rings is 1. The minimum absolute atomic E-state index is 0.301. The highest BCUT2D eigenvalue weighted by Crippen LogP contribution is 2.24. The molecule has 0 atom stereocenters. The van der Waals surface area contributed by atoms with Crippen LogP contribution < -0.4 is 10.6 Å². The first kappa shape index (κ1) is 14.5. The van der Waals surface area contributed by atoms with Crippen LogP contribution in [-0.2, 0) is 0 Å². The standard InChI is InChI=1S/C16H17N5S/c1-11(2)18-13-8-14(19-15-9-17-10-22-15)21-16(20-13)12-6-4-3-5-7-12/h3-11H,1-2H3,(H2,18,19,20,21). The van der Waals surface area contributed by atoms with E-state index in [-0.39, 0.29) is 0 Å². The lowest BCUT2D eigenvalue weighted by Crippen LogP contribution is -2.12. The number of nitrogens with zero attached hydrogens (tertiary/aromatic N) is 3. The van der Waals surface area contributed by atoms with E-state index in [0.29, 0.717) is 11.9 Å². The number of hydrogen-bond donors (Lipinski definition) is 2. The van der Waals surface area contributed by atoms with Crippen LogP contribution in [-0.4, -0.2) is 21.0 Å². The predicted octanol–water partition coefficient (Wildman–Crippen LogP) is 4.16. The molecule has 0 bridgehead atoms. The van der Waals surface area contributed by atoms with Crippen molar-refractivity contribution in [3.05, 3.63) is 48.1 Å². The SMILES string of the molecule is CC(C)Nc1cc(Nc2cncs2)nc(-c2ccccc2)n1. The van der Waals surface area contributed by atoms with Crippen molar-refractivity contribution in [1.29, 1.82) is 0 Å². The third-order valence-electron chi connectivity index (χ3n) is 2.88. The van der Waals surface area contributed by atoms with E-state index in [0.717, 1.165) is 22.2 Å². The van der Waals surface area contributed by atoms with Crippen LogP contribution in [0.3, 0.4) is 0 Å². The van der Waals surface area contributed by atoms with Crippen molar-refractivity contribution in [2.24, 2.45) is 0 Å². The fourth-order valence-electron chi connectivity index (χ4n) is 2.00. The number of rotatable bonds is 5. The van der Waals surface area contributed by atoms with Gasteiger partial charge < -0.3 is 10.6 Å². The Morgan fingerprint density at radius 3 is 2.50 bits per heavy atom. The highest BCUT2D eigenvalue weighted by atomic mass is 32.1. The molecule has 2 heterocycles. The van der Waals surface area contributed by atoms with Crippen molar-refractivity contribution in [2.75, 3.05) is 10.6 Å². The molecular formula is C16H17N5S. The van der Waals surface area contributed by atoms with E-state index in [4.69, 9.17) is 0 Å². The number of thiazole rings is 1. The fraction of sp³-hybridized carbons (Fsp3) is 0.188. The van der Waals surface area contributed by atoms with Crippen molar-refractivity contribution < 1.29 is 0 Å². The van der Waals surface area contributed by atoms with E-state index in [1.807, 2.05) is 36.4 Å². The fourth-order valence-corrected chi connectivity index (χ4v) is 2.52. The summed E-state index contributed by atoms with van der Waals surface area (Å²) >= 11 is 1.54. The third kappa shape index (κ3) is 3.59. The van der Waals surface area contributed by atoms with Crippen molar-refractivity contribution in [1.82, 2.24) is 15.0 Å². The molecule has 6 heteroatoms. The zero-order chi connectivity index (χ0) is 15.4. The molecule has 112 valence electrons. The van der Waals surface area contributed by atoms with Crippen LogP contribution >= 0.6 is 11.3 Å². The lowest BCUT2D eigenvalue weighted by atomic mass is 10.2. The topological polar surface area (TPSA) is 62.7 Å². The van der Waals surface area contributed by atoms with Gasteiger partial charge in [-0.15, -0.1) is 11.3 Å². The summed E-state index contributed by atoms with van der Waals surface area (Å²) in [5.41, 5.74) is 2.77. The van der Waals surface area contributed by atoms with E-state index >= 15 is 0 Å². The summed E-state index contributed by atoms with van der Waals surface area (Å²) in [6, 6.07) is 12.2. The van der Waals surface area contributed by atoms with Crippen molar-refractivity contribution in [3.63, 3.8) is 0 Å². The molecule has 0 fully saturated rings. The van der Waals surface area contributed by atoms with Gasteiger partial charge in [0.05, 0.1) is 11.7 Å². The van der Waals surface area contributed by atoms with Gasteiger partial charge in [0.15, 0.2) is 5.82 Å². The maximum absolute atomic E-state index is 4.60. The van der Waals surface area contributed by atoms with Crippen LogP contribution in [0.5, 0.6) is 0 Å². The number of aromatic nitrogens is 3. The summed E-state index contributed by atoms with van der Waals surface area (Å²) in [5.74, 6) is 2.25. The second kappa shape index (κ2) is 6.53. The van der Waals surface area contributed by atoms with Crippen LogP contribution in [0.1, 0.15) is 13.8 Å². The van der Waals surface area contributed by atoms with Crippen molar-refractivity contribution >= 4 is 28.0 Å². The van der Waals surface area contributed by atoms with Crippen LogP contribution in [0.2, 0.25) is 0 Å². The Balaban J connectivity index is 1.98. The number of nitrogens with one attached hydrogen (secondary N) is 2. The number of anilines is 3. The Bertz CT molecular complexity index is 726. The van der Waals surface area contributed by atoms with Gasteiger partial charge in [0, 0.05) is 17.7 Å². The molecular weight excluding hydrogens is 294 g/mol. The quantitative estimate of drug-likeness (QED) is 0.740. The second-order valence-corrected chi connectivity index (χ2v) is 6.00. The second-order valence-electron chi connectivity index (χ2n) is 5.12. The minimum Gasteiger partial charge on any atom is -0.368 e. The van der Waals surface area contributed by atoms with Gasteiger partial charge >= 0.3 is 0 Å². The van der Waals surface area contributed by atoms with Crippen molar-refractivity contribution in [2.45, 2.75) is 19.9 Å². The van der Waals surface area contributed by atoms with Gasteiger partial charge in [0.2, 0.25) is 0 Å². The van der Waals surface area contributed by atoms with E-state index in [1.54, 1.807) is 11.7 Å². The molecule has 2 aromatic heterocycles. The van der Waals surface area contributed by atoms with E-state index in [9.17, 15) is 0 Å². The molecule has 0 spiro atoms. The molecule has 0 aliphatic carbocycles. The van der Waals surface area contributed by atoms with Crippen LogP contribution in [0.15, 0.2) is 48.1 Å². The molecule has 3 aromatic rings. The maximum atomic E-state index is 4.60. The predicted molar refractivity (Wildman–Crippen MR) is 91.6 cm³/mol. The van der Waals surface area contributed by atoms with Gasteiger partial charge in [-0.1, -0.05) is 30.3 Å². The molecule has 3 rings (SSSR count). The van der Waals surface area contributed by atoms with Crippen LogP contribution in [0.25, 0.3) is 11.4 Å². The van der Waals surface area contributed by atoms with E-state index in [1.165, 1.54) is 11.3 Å². The molecule has 0 radical (unpaired) electrons. The van der Waals surface area contributed by atoms with E-state index < -0.39 is 0 Å². The molecule has 1 aromatic carbocycles. The van der Waals surface area contributed by atoms with Crippen molar-refractivity contribution in [3.8, 4) is 11.4 Å². The minimum atomic E-state index is 0.301. The monoisotopic (exact) mass is 311 g/mol. The Hall–Kier alpha value is -2.47. The zero-order valence-electron chi connectivity index (χ0n) is 12.4. The Labute approximate surface area is 133 Å². The molecule has 0 amide bonds. The summed E-state index contributed by atoms with van der Waals surface area (Å²) in [4.78, 5) is 13.3. The molecule has 22 heavy (non-hydrogen) atoms. The van der Waals surface area contributed by atoms with Gasteiger partial charge in [0.1, 0.15) is 16.6 Å². The first-order valence-electron chi connectivity index (χ1n) is 7.07. The lowest BCUT2D eigenvalue weighted by molar-refractivity contribution is 0.887. The molecule has 0 unspecified atom stereocenters. The molecule has 0 aliphatic heterocycles. The van der Waals surface area contributed by atoms with Crippen LogP contribution in [0, 0.1) is 0 Å². The van der Waals surface area contributed by atoms with Gasteiger partial charge in [0.25, 0.3) is 0 Å². The maximum Gasteiger partial charge on any atom is 0.163 e. The Morgan fingerprint density at radius 2 is 1.82 bits per heavy atom. The summed E-state index contributed by atoms with van der Waals surface area (Å²) in [6.45, 7) is 4.17. The molecule has 2 N–H and O–H groups in total. The third-order valence-corrected chi connectivity index (χ3v) is 3.57. The first-order chi connectivity index (χ1) is 10.7.